The molecule has 1 aliphatic heterocycles. The van der Waals surface area contributed by atoms with E-state index in [1.165, 1.54) is 16.7 Å². The summed E-state index contributed by atoms with van der Waals surface area (Å²) in [5, 5.41) is 9.31. The lowest BCUT2D eigenvalue weighted by Gasteiger charge is -2.37. The van der Waals surface area contributed by atoms with E-state index in [0.717, 1.165) is 16.7 Å². The summed E-state index contributed by atoms with van der Waals surface area (Å²) < 4.78 is 0. The molecule has 3 nitrogen and oxygen atoms in total. The summed E-state index contributed by atoms with van der Waals surface area (Å²) in [7, 11) is 0. The topological polar surface area (TPSA) is 40.5 Å². The predicted molar refractivity (Wildman–Crippen MR) is 72.0 cm³/mol. The van der Waals surface area contributed by atoms with Gasteiger partial charge in [-0.2, -0.15) is 0 Å². The van der Waals surface area contributed by atoms with E-state index in [1.54, 1.807) is 4.90 Å². The normalized spacial score (nSPS) is 15.8. The summed E-state index contributed by atoms with van der Waals surface area (Å²) in [4.78, 5) is 14.2. The Hall–Kier alpha value is -1.35. The van der Waals surface area contributed by atoms with Gasteiger partial charge < -0.3 is 10.0 Å². The Bertz CT molecular complexity index is 485. The zero-order valence-electron chi connectivity index (χ0n) is 11.8. The fourth-order valence-electron chi connectivity index (χ4n) is 2.60. The molecule has 0 unspecified atom stereocenters. The molecule has 2 rings (SSSR count). The van der Waals surface area contributed by atoms with Crippen LogP contribution in [0.3, 0.4) is 0 Å². The van der Waals surface area contributed by atoms with Crippen LogP contribution >= 0.6 is 0 Å². The monoisotopic (exact) mass is 247 g/mol. The third-order valence-corrected chi connectivity index (χ3v) is 4.36. The molecular weight excluding hydrogens is 226 g/mol. The molecule has 0 aliphatic carbocycles. The molecule has 1 saturated heterocycles. The standard InChI is InChI=1S/C15H21NO2/c1-8-9(2)11(4)14(12(5)10(8)3)15(18)16-6-13(17)7-16/h13,17H,6-7H2,1-5H3. The molecule has 18 heavy (non-hydrogen) atoms. The first-order chi connectivity index (χ1) is 8.34. The third-order valence-electron chi connectivity index (χ3n) is 4.36. The van der Waals surface area contributed by atoms with Crippen LogP contribution in [0.5, 0.6) is 0 Å². The first-order valence-electron chi connectivity index (χ1n) is 6.38. The van der Waals surface area contributed by atoms with Gasteiger partial charge in [-0.1, -0.05) is 0 Å². The third kappa shape index (κ3) is 1.83. The van der Waals surface area contributed by atoms with Crippen LogP contribution in [-0.4, -0.2) is 35.1 Å². The van der Waals surface area contributed by atoms with Crippen LogP contribution in [-0.2, 0) is 0 Å². The van der Waals surface area contributed by atoms with E-state index in [9.17, 15) is 9.90 Å². The molecule has 1 fully saturated rings. The summed E-state index contributed by atoms with van der Waals surface area (Å²) in [6, 6.07) is 0. The molecule has 0 radical (unpaired) electrons. The highest BCUT2D eigenvalue weighted by Crippen LogP contribution is 2.28. The molecule has 0 spiro atoms. The van der Waals surface area contributed by atoms with E-state index in [1.807, 2.05) is 13.8 Å². The maximum absolute atomic E-state index is 12.4. The van der Waals surface area contributed by atoms with Crippen molar-refractivity contribution >= 4 is 5.91 Å². The Labute approximate surface area is 108 Å². The van der Waals surface area contributed by atoms with Crippen LogP contribution < -0.4 is 0 Å². The minimum absolute atomic E-state index is 0.0569. The Morgan fingerprint density at radius 2 is 1.33 bits per heavy atom. The molecule has 1 aromatic rings. The number of benzene rings is 1. The maximum Gasteiger partial charge on any atom is 0.254 e. The van der Waals surface area contributed by atoms with Gasteiger partial charge in [0, 0.05) is 18.7 Å². The number of likely N-dealkylation sites (tertiary alicyclic amines) is 1. The smallest absolute Gasteiger partial charge is 0.254 e. The van der Waals surface area contributed by atoms with Crippen molar-refractivity contribution in [2.24, 2.45) is 0 Å². The number of amides is 1. The Kier molecular flexibility index (Phi) is 3.20. The van der Waals surface area contributed by atoms with Gasteiger partial charge in [-0.05, 0) is 62.4 Å². The quantitative estimate of drug-likeness (QED) is 0.825. The van der Waals surface area contributed by atoms with Gasteiger partial charge in [0.1, 0.15) is 0 Å². The molecule has 1 N–H and O–H groups in total. The molecular formula is C15H21NO2. The second-order valence-corrected chi connectivity index (χ2v) is 5.36. The number of carbonyl (C=O) groups excluding carboxylic acids is 1. The van der Waals surface area contributed by atoms with Gasteiger partial charge in [-0.25, -0.2) is 0 Å². The first kappa shape index (κ1) is 13.1. The van der Waals surface area contributed by atoms with Crippen LogP contribution in [0.15, 0.2) is 0 Å². The van der Waals surface area contributed by atoms with E-state index >= 15 is 0 Å². The fraction of sp³-hybridized carbons (Fsp3) is 0.533. The molecule has 1 aromatic carbocycles. The van der Waals surface area contributed by atoms with Crippen LogP contribution in [0.25, 0.3) is 0 Å². The van der Waals surface area contributed by atoms with E-state index in [-0.39, 0.29) is 12.0 Å². The van der Waals surface area contributed by atoms with Gasteiger partial charge >= 0.3 is 0 Å². The summed E-state index contributed by atoms with van der Waals surface area (Å²) >= 11 is 0. The van der Waals surface area contributed by atoms with Crippen molar-refractivity contribution in [1.82, 2.24) is 4.90 Å². The summed E-state index contributed by atoms with van der Waals surface area (Å²) in [6.45, 7) is 11.2. The number of nitrogens with zero attached hydrogens (tertiary/aromatic N) is 1. The molecule has 0 aromatic heterocycles. The van der Waals surface area contributed by atoms with E-state index in [0.29, 0.717) is 13.1 Å². The molecule has 1 amide bonds. The number of aliphatic hydroxyl groups excluding tert-OH is 1. The van der Waals surface area contributed by atoms with E-state index in [4.69, 9.17) is 0 Å². The highest BCUT2D eigenvalue weighted by atomic mass is 16.3. The average Bonchev–Trinajstić information content (AvgIpc) is 2.30. The zero-order chi connectivity index (χ0) is 13.6. The fourth-order valence-corrected chi connectivity index (χ4v) is 2.60. The molecule has 3 heteroatoms. The average molecular weight is 247 g/mol. The van der Waals surface area contributed by atoms with E-state index < -0.39 is 0 Å². The number of carbonyl (C=O) groups is 1. The van der Waals surface area contributed by atoms with Crippen LogP contribution in [0.1, 0.15) is 38.2 Å². The van der Waals surface area contributed by atoms with Crippen molar-refractivity contribution in [2.45, 2.75) is 40.7 Å². The van der Waals surface area contributed by atoms with Gasteiger partial charge in [0.15, 0.2) is 0 Å². The van der Waals surface area contributed by atoms with Crippen molar-refractivity contribution < 1.29 is 9.90 Å². The highest BCUT2D eigenvalue weighted by molar-refractivity contribution is 5.98. The number of hydrogen-bond acceptors (Lipinski definition) is 2. The molecule has 1 heterocycles. The zero-order valence-corrected chi connectivity index (χ0v) is 11.8. The van der Waals surface area contributed by atoms with Crippen LogP contribution in [0.4, 0.5) is 0 Å². The minimum atomic E-state index is -0.345. The predicted octanol–water partition coefficient (Wildman–Crippen LogP) is 2.05. The van der Waals surface area contributed by atoms with Crippen molar-refractivity contribution in [3.8, 4) is 0 Å². The van der Waals surface area contributed by atoms with Crippen molar-refractivity contribution in [2.75, 3.05) is 13.1 Å². The van der Waals surface area contributed by atoms with Crippen LogP contribution in [0, 0.1) is 34.6 Å². The largest absolute Gasteiger partial charge is 0.389 e. The van der Waals surface area contributed by atoms with Crippen molar-refractivity contribution in [1.29, 1.82) is 0 Å². The number of β-amino-alcohol motifs (C(OH)–C–C–N with tert-alkyl or cyclic N) is 1. The Morgan fingerprint density at radius 1 is 0.944 bits per heavy atom. The van der Waals surface area contributed by atoms with E-state index in [2.05, 4.69) is 20.8 Å². The summed E-state index contributed by atoms with van der Waals surface area (Å²) in [6.07, 6.45) is -0.345. The van der Waals surface area contributed by atoms with Crippen molar-refractivity contribution in [3.05, 3.63) is 33.4 Å². The maximum atomic E-state index is 12.4. The minimum Gasteiger partial charge on any atom is -0.389 e. The molecule has 0 atom stereocenters. The van der Waals surface area contributed by atoms with Crippen molar-refractivity contribution in [3.63, 3.8) is 0 Å². The first-order valence-corrected chi connectivity index (χ1v) is 6.38. The molecule has 0 bridgehead atoms. The second kappa shape index (κ2) is 4.39. The lowest BCUT2D eigenvalue weighted by atomic mass is 9.88. The van der Waals surface area contributed by atoms with Crippen LogP contribution in [0.2, 0.25) is 0 Å². The number of hydrogen-bond donors (Lipinski definition) is 1. The summed E-state index contributed by atoms with van der Waals surface area (Å²) in [5.74, 6) is 0.0569. The van der Waals surface area contributed by atoms with Gasteiger partial charge in [-0.15, -0.1) is 0 Å². The lowest BCUT2D eigenvalue weighted by molar-refractivity contribution is 0.00577. The van der Waals surface area contributed by atoms with Gasteiger partial charge in [0.05, 0.1) is 6.10 Å². The second-order valence-electron chi connectivity index (χ2n) is 5.36. The molecule has 1 aliphatic rings. The van der Waals surface area contributed by atoms with Gasteiger partial charge in [0.25, 0.3) is 5.91 Å². The van der Waals surface area contributed by atoms with Gasteiger partial charge in [0.2, 0.25) is 0 Å². The lowest BCUT2D eigenvalue weighted by Crippen LogP contribution is -2.53. The molecule has 0 saturated carbocycles. The summed E-state index contributed by atoms with van der Waals surface area (Å²) in [5.41, 5.74) is 6.63. The highest BCUT2D eigenvalue weighted by Gasteiger charge is 2.31. The molecule has 98 valence electrons. The Morgan fingerprint density at radius 3 is 1.72 bits per heavy atom. The van der Waals surface area contributed by atoms with Gasteiger partial charge in [-0.3, -0.25) is 4.79 Å². The number of rotatable bonds is 1. The Balaban J connectivity index is 2.48. The SMILES string of the molecule is Cc1c(C)c(C)c(C(=O)N2CC(O)C2)c(C)c1C. The number of aliphatic hydroxyl groups is 1.